The van der Waals surface area contributed by atoms with Gasteiger partial charge in [0.1, 0.15) is 5.75 Å². The highest BCUT2D eigenvalue weighted by atomic mass is 16.5. The Balaban J connectivity index is 2.85. The monoisotopic (exact) mass is 235 g/mol. The van der Waals surface area contributed by atoms with E-state index >= 15 is 0 Å². The molecule has 17 heavy (non-hydrogen) atoms. The molecule has 0 aliphatic carbocycles. The fraction of sp³-hybridized carbons (Fsp3) is 0.429. The lowest BCUT2D eigenvalue weighted by atomic mass is 9.97. The van der Waals surface area contributed by atoms with Crippen LogP contribution < -0.4 is 10.1 Å². The van der Waals surface area contributed by atoms with Crippen molar-refractivity contribution in [1.29, 1.82) is 0 Å². The highest BCUT2D eigenvalue weighted by Gasteiger charge is 2.13. The Morgan fingerprint density at radius 1 is 1.41 bits per heavy atom. The first-order chi connectivity index (χ1) is 8.10. The van der Waals surface area contributed by atoms with Crippen LogP contribution in [-0.4, -0.2) is 25.3 Å². The van der Waals surface area contributed by atoms with Crippen LogP contribution in [0.5, 0.6) is 5.75 Å². The molecule has 1 aromatic rings. The highest BCUT2D eigenvalue weighted by molar-refractivity contribution is 5.42. The molecule has 1 rings (SSSR count). The minimum atomic E-state index is -0.499. The van der Waals surface area contributed by atoms with Crippen molar-refractivity contribution in [2.24, 2.45) is 0 Å². The molecular formula is C14H21NO2. The minimum absolute atomic E-state index is 0.499. The van der Waals surface area contributed by atoms with Gasteiger partial charge in [0.05, 0.1) is 13.2 Å². The maximum Gasteiger partial charge on any atom is 0.119 e. The standard InChI is InChI=1S/C14H21NO2/c1-5-6-15-9-13(16)14-10(2)7-12(17-4)8-11(14)3/h5,7-8,13,15-16H,1,6,9H2,2-4H3. The summed E-state index contributed by atoms with van der Waals surface area (Å²) >= 11 is 0. The summed E-state index contributed by atoms with van der Waals surface area (Å²) in [5.74, 6) is 0.829. The molecular weight excluding hydrogens is 214 g/mol. The summed E-state index contributed by atoms with van der Waals surface area (Å²) in [5.41, 5.74) is 3.08. The van der Waals surface area contributed by atoms with Crippen molar-refractivity contribution in [2.75, 3.05) is 20.2 Å². The van der Waals surface area contributed by atoms with Crippen molar-refractivity contribution in [3.05, 3.63) is 41.5 Å². The van der Waals surface area contributed by atoms with Gasteiger partial charge in [0.2, 0.25) is 0 Å². The van der Waals surface area contributed by atoms with Gasteiger partial charge in [-0.2, -0.15) is 0 Å². The zero-order chi connectivity index (χ0) is 12.8. The van der Waals surface area contributed by atoms with Crippen LogP contribution in [0.3, 0.4) is 0 Å². The van der Waals surface area contributed by atoms with E-state index in [-0.39, 0.29) is 0 Å². The lowest BCUT2D eigenvalue weighted by molar-refractivity contribution is 0.175. The highest BCUT2D eigenvalue weighted by Crippen LogP contribution is 2.26. The van der Waals surface area contributed by atoms with Gasteiger partial charge in [0.25, 0.3) is 0 Å². The van der Waals surface area contributed by atoms with E-state index in [1.54, 1.807) is 13.2 Å². The van der Waals surface area contributed by atoms with Gasteiger partial charge < -0.3 is 15.2 Å². The van der Waals surface area contributed by atoms with Gasteiger partial charge in [-0.05, 0) is 42.7 Å². The predicted octanol–water partition coefficient (Wildman–Crippen LogP) is 2.12. The molecule has 0 amide bonds. The minimum Gasteiger partial charge on any atom is -0.497 e. The van der Waals surface area contributed by atoms with Crippen LogP contribution in [0.4, 0.5) is 0 Å². The van der Waals surface area contributed by atoms with Crippen LogP contribution in [0.25, 0.3) is 0 Å². The van der Waals surface area contributed by atoms with Crippen molar-refractivity contribution in [3.8, 4) is 5.75 Å². The number of aliphatic hydroxyl groups excluding tert-OH is 1. The Morgan fingerprint density at radius 3 is 2.47 bits per heavy atom. The molecule has 94 valence electrons. The third kappa shape index (κ3) is 3.58. The summed E-state index contributed by atoms with van der Waals surface area (Å²) in [4.78, 5) is 0. The molecule has 0 saturated carbocycles. The van der Waals surface area contributed by atoms with E-state index in [1.165, 1.54) is 0 Å². The zero-order valence-corrected chi connectivity index (χ0v) is 10.8. The molecule has 0 saturated heterocycles. The molecule has 2 N–H and O–H groups in total. The van der Waals surface area contributed by atoms with Gasteiger partial charge in [-0.15, -0.1) is 6.58 Å². The number of benzene rings is 1. The SMILES string of the molecule is C=CCNCC(O)c1c(C)cc(OC)cc1C. The van der Waals surface area contributed by atoms with Crippen molar-refractivity contribution < 1.29 is 9.84 Å². The average Bonchev–Trinajstić information content (AvgIpc) is 2.28. The van der Waals surface area contributed by atoms with E-state index < -0.39 is 6.10 Å². The second-order valence-electron chi connectivity index (χ2n) is 4.14. The number of aliphatic hydroxyl groups is 1. The van der Waals surface area contributed by atoms with Gasteiger partial charge in [0.15, 0.2) is 0 Å². The van der Waals surface area contributed by atoms with E-state index in [1.807, 2.05) is 26.0 Å². The summed E-state index contributed by atoms with van der Waals surface area (Å²) in [6.45, 7) is 8.83. The second-order valence-corrected chi connectivity index (χ2v) is 4.14. The van der Waals surface area contributed by atoms with Crippen LogP contribution in [0.15, 0.2) is 24.8 Å². The van der Waals surface area contributed by atoms with Crippen LogP contribution in [0.2, 0.25) is 0 Å². The first-order valence-electron chi connectivity index (χ1n) is 5.75. The van der Waals surface area contributed by atoms with Crippen LogP contribution in [0.1, 0.15) is 22.8 Å². The Hall–Kier alpha value is -1.32. The van der Waals surface area contributed by atoms with Crippen LogP contribution in [-0.2, 0) is 0 Å². The van der Waals surface area contributed by atoms with Gasteiger partial charge in [-0.1, -0.05) is 6.08 Å². The van der Waals surface area contributed by atoms with Gasteiger partial charge in [0, 0.05) is 13.1 Å². The summed E-state index contributed by atoms with van der Waals surface area (Å²) < 4.78 is 5.20. The molecule has 0 bridgehead atoms. The number of aryl methyl sites for hydroxylation is 2. The van der Waals surface area contributed by atoms with Crippen LogP contribution >= 0.6 is 0 Å². The van der Waals surface area contributed by atoms with Gasteiger partial charge >= 0.3 is 0 Å². The molecule has 1 unspecified atom stereocenters. The lowest BCUT2D eigenvalue weighted by Crippen LogP contribution is -2.22. The van der Waals surface area contributed by atoms with Crippen molar-refractivity contribution in [3.63, 3.8) is 0 Å². The Bertz CT molecular complexity index is 365. The summed E-state index contributed by atoms with van der Waals surface area (Å²) in [5, 5.41) is 13.3. The number of hydrogen-bond donors (Lipinski definition) is 2. The zero-order valence-electron chi connectivity index (χ0n) is 10.8. The largest absolute Gasteiger partial charge is 0.497 e. The molecule has 3 nitrogen and oxygen atoms in total. The Morgan fingerprint density at radius 2 is 2.00 bits per heavy atom. The molecule has 1 atom stereocenters. The Kier molecular flexibility index (Phi) is 5.19. The smallest absolute Gasteiger partial charge is 0.119 e. The van der Waals surface area contributed by atoms with E-state index in [4.69, 9.17) is 4.74 Å². The molecule has 0 heterocycles. The fourth-order valence-corrected chi connectivity index (χ4v) is 2.00. The maximum atomic E-state index is 10.1. The summed E-state index contributed by atoms with van der Waals surface area (Å²) in [6.07, 6.45) is 1.28. The second kappa shape index (κ2) is 6.42. The molecule has 0 aromatic heterocycles. The van der Waals surface area contributed by atoms with E-state index in [9.17, 15) is 5.11 Å². The number of ether oxygens (including phenoxy) is 1. The summed E-state index contributed by atoms with van der Waals surface area (Å²) in [6, 6.07) is 3.89. The lowest BCUT2D eigenvalue weighted by Gasteiger charge is -2.18. The number of nitrogens with one attached hydrogen (secondary N) is 1. The first-order valence-corrected chi connectivity index (χ1v) is 5.75. The van der Waals surface area contributed by atoms with E-state index in [2.05, 4.69) is 11.9 Å². The first kappa shape index (κ1) is 13.7. The molecule has 1 aromatic carbocycles. The molecule has 0 spiro atoms. The quantitative estimate of drug-likeness (QED) is 0.586. The van der Waals surface area contributed by atoms with E-state index in [0.29, 0.717) is 13.1 Å². The molecule has 0 aliphatic rings. The summed E-state index contributed by atoms with van der Waals surface area (Å²) in [7, 11) is 1.65. The van der Waals surface area contributed by atoms with E-state index in [0.717, 1.165) is 22.4 Å². The van der Waals surface area contributed by atoms with Gasteiger partial charge in [-0.25, -0.2) is 0 Å². The van der Waals surface area contributed by atoms with Gasteiger partial charge in [-0.3, -0.25) is 0 Å². The maximum absolute atomic E-state index is 10.1. The number of methoxy groups -OCH3 is 1. The molecule has 0 aliphatic heterocycles. The van der Waals surface area contributed by atoms with Crippen LogP contribution in [0, 0.1) is 13.8 Å². The van der Waals surface area contributed by atoms with Crippen molar-refractivity contribution in [2.45, 2.75) is 20.0 Å². The van der Waals surface area contributed by atoms with Crippen molar-refractivity contribution in [1.82, 2.24) is 5.32 Å². The third-order valence-electron chi connectivity index (χ3n) is 2.76. The molecule has 0 radical (unpaired) electrons. The Labute approximate surface area is 103 Å². The third-order valence-corrected chi connectivity index (χ3v) is 2.76. The molecule has 0 fully saturated rings. The molecule has 3 heteroatoms. The number of rotatable bonds is 6. The normalized spacial score (nSPS) is 12.2. The predicted molar refractivity (Wildman–Crippen MR) is 70.5 cm³/mol. The average molecular weight is 235 g/mol. The topological polar surface area (TPSA) is 41.5 Å². The van der Waals surface area contributed by atoms with Crippen molar-refractivity contribution >= 4 is 0 Å². The fourth-order valence-electron chi connectivity index (χ4n) is 2.00. The number of hydrogen-bond acceptors (Lipinski definition) is 3.